The molecule has 5 nitrogen and oxygen atoms in total. The second-order valence-electron chi connectivity index (χ2n) is 8.15. The molecule has 0 saturated heterocycles. The van der Waals surface area contributed by atoms with Crippen LogP contribution >= 0.6 is 11.8 Å². The molecule has 0 bridgehead atoms. The third kappa shape index (κ3) is 5.52. The molecule has 4 rings (SSSR count). The van der Waals surface area contributed by atoms with Gasteiger partial charge in [-0.2, -0.15) is 0 Å². The molecule has 0 aliphatic heterocycles. The van der Waals surface area contributed by atoms with Gasteiger partial charge in [-0.25, -0.2) is 19.2 Å². The van der Waals surface area contributed by atoms with Crippen LogP contribution in [0.4, 0.5) is 4.39 Å². The molecule has 4 aromatic rings. The molecule has 0 fully saturated rings. The molecule has 0 amide bonds. The van der Waals surface area contributed by atoms with E-state index in [1.54, 1.807) is 32.0 Å². The Labute approximate surface area is 208 Å². The van der Waals surface area contributed by atoms with Gasteiger partial charge in [0, 0.05) is 17.1 Å². The van der Waals surface area contributed by atoms with Gasteiger partial charge in [0.05, 0.1) is 0 Å². The third-order valence-electron chi connectivity index (χ3n) is 5.56. The highest BCUT2D eigenvalue weighted by Gasteiger charge is 2.49. The number of carboxylic acid groups (broad SMARTS) is 1. The van der Waals surface area contributed by atoms with Gasteiger partial charge in [0.15, 0.2) is 0 Å². The number of carboxylic acids is 1. The van der Waals surface area contributed by atoms with Crippen LogP contribution in [0.2, 0.25) is 0 Å². The molecule has 0 aliphatic carbocycles. The molecule has 7 heteroatoms. The highest BCUT2D eigenvalue weighted by Crippen LogP contribution is 2.48. The van der Waals surface area contributed by atoms with Crippen molar-refractivity contribution in [2.45, 2.75) is 30.5 Å². The van der Waals surface area contributed by atoms with E-state index in [4.69, 9.17) is 4.74 Å². The number of nitrogens with zero attached hydrogens (tertiary/aromatic N) is 2. The predicted octanol–water partition coefficient (Wildman–Crippen LogP) is 5.94. The Hall–Kier alpha value is -3.71. The van der Waals surface area contributed by atoms with Gasteiger partial charge in [-0.3, -0.25) is 0 Å². The van der Waals surface area contributed by atoms with Crippen molar-refractivity contribution in [1.82, 2.24) is 9.97 Å². The summed E-state index contributed by atoms with van der Waals surface area (Å²) in [5.41, 5.74) is 3.67. The van der Waals surface area contributed by atoms with Crippen LogP contribution in [-0.2, 0) is 15.3 Å². The van der Waals surface area contributed by atoms with E-state index in [2.05, 4.69) is 9.97 Å². The third-order valence-corrected chi connectivity index (χ3v) is 7.18. The second kappa shape index (κ2) is 10.7. The summed E-state index contributed by atoms with van der Waals surface area (Å²) in [6.45, 7) is 3.60. The zero-order valence-electron chi connectivity index (χ0n) is 19.4. The van der Waals surface area contributed by atoms with Crippen molar-refractivity contribution in [1.29, 1.82) is 0 Å². The van der Waals surface area contributed by atoms with E-state index < -0.39 is 22.6 Å². The number of aromatic nitrogens is 2. The second-order valence-corrected chi connectivity index (χ2v) is 9.37. The molecule has 178 valence electrons. The van der Waals surface area contributed by atoms with Crippen LogP contribution in [0.3, 0.4) is 0 Å². The van der Waals surface area contributed by atoms with E-state index in [9.17, 15) is 14.3 Å². The van der Waals surface area contributed by atoms with Crippen LogP contribution < -0.4 is 4.74 Å². The number of aliphatic carboxylic acids is 1. The quantitative estimate of drug-likeness (QED) is 0.314. The van der Waals surface area contributed by atoms with Crippen LogP contribution in [0, 0.1) is 19.7 Å². The van der Waals surface area contributed by atoms with Crippen molar-refractivity contribution < 1.29 is 19.0 Å². The van der Waals surface area contributed by atoms with E-state index in [1.807, 2.05) is 60.7 Å². The van der Waals surface area contributed by atoms with Gasteiger partial charge in [-0.05, 0) is 48.7 Å². The normalized spacial score (nSPS) is 13.6. The monoisotopic (exact) mass is 488 g/mol. The zero-order valence-corrected chi connectivity index (χ0v) is 20.2. The Kier molecular flexibility index (Phi) is 7.46. The first-order valence-electron chi connectivity index (χ1n) is 11.1. The first kappa shape index (κ1) is 24.4. The molecule has 1 aromatic heterocycles. The Morgan fingerprint density at radius 1 is 0.914 bits per heavy atom. The number of ether oxygens (including phenoxy) is 1. The molecule has 0 saturated carbocycles. The molecule has 35 heavy (non-hydrogen) atoms. The number of aryl methyl sites for hydroxylation is 2. The average Bonchev–Trinajstić information content (AvgIpc) is 2.85. The van der Waals surface area contributed by atoms with E-state index in [1.165, 1.54) is 23.9 Å². The number of thioether (sulfide) groups is 1. The van der Waals surface area contributed by atoms with Crippen LogP contribution in [0.15, 0.2) is 91.0 Å². The van der Waals surface area contributed by atoms with Crippen molar-refractivity contribution in [3.63, 3.8) is 0 Å². The van der Waals surface area contributed by atoms with Crippen molar-refractivity contribution >= 4 is 17.7 Å². The summed E-state index contributed by atoms with van der Waals surface area (Å²) in [4.78, 5) is 21.5. The Morgan fingerprint density at radius 2 is 1.46 bits per heavy atom. The van der Waals surface area contributed by atoms with Gasteiger partial charge in [-0.15, -0.1) is 11.8 Å². The van der Waals surface area contributed by atoms with Crippen LogP contribution in [0.5, 0.6) is 6.01 Å². The molecule has 3 aromatic carbocycles. The molecule has 2 atom stereocenters. The molecular formula is C28H25FN2O3S. The number of carbonyl (C=O) groups is 1. The summed E-state index contributed by atoms with van der Waals surface area (Å²) >= 11 is 1.41. The fraction of sp³-hybridized carbons (Fsp3) is 0.179. The number of hydrogen-bond donors (Lipinski definition) is 1. The van der Waals surface area contributed by atoms with Gasteiger partial charge in [-0.1, -0.05) is 72.8 Å². The van der Waals surface area contributed by atoms with Crippen LogP contribution in [0.25, 0.3) is 0 Å². The smallest absolute Gasteiger partial charge is 0.347 e. The minimum Gasteiger partial charge on any atom is -0.478 e. The van der Waals surface area contributed by atoms with Gasteiger partial charge >= 0.3 is 12.0 Å². The van der Waals surface area contributed by atoms with Crippen LogP contribution in [-0.4, -0.2) is 27.1 Å². The van der Waals surface area contributed by atoms with Gasteiger partial charge in [0.1, 0.15) is 10.6 Å². The van der Waals surface area contributed by atoms with E-state index in [-0.39, 0.29) is 6.01 Å². The maximum Gasteiger partial charge on any atom is 0.347 e. The topological polar surface area (TPSA) is 72.3 Å². The Morgan fingerprint density at radius 3 is 2.03 bits per heavy atom. The Balaban J connectivity index is 1.91. The van der Waals surface area contributed by atoms with Crippen molar-refractivity contribution in [2.24, 2.45) is 0 Å². The fourth-order valence-electron chi connectivity index (χ4n) is 4.03. The van der Waals surface area contributed by atoms with Gasteiger partial charge < -0.3 is 9.84 Å². The molecule has 1 heterocycles. The molecule has 2 unspecified atom stereocenters. The number of hydrogen-bond acceptors (Lipinski definition) is 5. The fourth-order valence-corrected chi connectivity index (χ4v) is 5.52. The maximum absolute atomic E-state index is 13.9. The summed E-state index contributed by atoms with van der Waals surface area (Å²) in [6.07, 6.45) is -1.41. The summed E-state index contributed by atoms with van der Waals surface area (Å²) in [6, 6.07) is 26.7. The lowest BCUT2D eigenvalue weighted by atomic mass is 9.85. The van der Waals surface area contributed by atoms with Crippen molar-refractivity contribution in [2.75, 3.05) is 0 Å². The average molecular weight is 489 g/mol. The first-order valence-corrected chi connectivity index (χ1v) is 12.1. The molecule has 1 N–H and O–H groups in total. The Bertz CT molecular complexity index is 1270. The van der Waals surface area contributed by atoms with Gasteiger partial charge in [0.25, 0.3) is 0 Å². The summed E-state index contributed by atoms with van der Waals surface area (Å²) in [5, 5.41) is 10.5. The first-order chi connectivity index (χ1) is 16.9. The summed E-state index contributed by atoms with van der Waals surface area (Å²) < 4.78 is 18.8. The molecule has 0 spiro atoms. The lowest BCUT2D eigenvalue weighted by molar-refractivity contribution is -0.146. The van der Waals surface area contributed by atoms with E-state index in [0.29, 0.717) is 28.3 Å². The predicted molar refractivity (Wildman–Crippen MR) is 135 cm³/mol. The largest absolute Gasteiger partial charge is 0.478 e. The molecular weight excluding hydrogens is 463 g/mol. The van der Waals surface area contributed by atoms with E-state index in [0.717, 1.165) is 5.56 Å². The molecule has 0 radical (unpaired) electrons. The van der Waals surface area contributed by atoms with Gasteiger partial charge in [0.2, 0.25) is 6.10 Å². The minimum atomic E-state index is -1.41. The van der Waals surface area contributed by atoms with Crippen molar-refractivity contribution in [3.8, 4) is 6.01 Å². The number of halogens is 1. The highest BCUT2D eigenvalue weighted by molar-refractivity contribution is 7.99. The number of rotatable bonds is 9. The van der Waals surface area contributed by atoms with Crippen molar-refractivity contribution in [3.05, 3.63) is 125 Å². The summed E-state index contributed by atoms with van der Waals surface area (Å²) in [7, 11) is 0. The maximum atomic E-state index is 13.9. The van der Waals surface area contributed by atoms with Crippen LogP contribution in [0.1, 0.15) is 28.1 Å². The highest BCUT2D eigenvalue weighted by atomic mass is 32.2. The number of benzene rings is 3. The lowest BCUT2D eigenvalue weighted by Gasteiger charge is -2.38. The minimum absolute atomic E-state index is 0.0161. The molecule has 0 aliphatic rings. The lowest BCUT2D eigenvalue weighted by Crippen LogP contribution is -2.47. The van der Waals surface area contributed by atoms with E-state index >= 15 is 0 Å². The zero-order chi connectivity index (χ0) is 24.8. The standard InChI is InChI=1S/C28H25FN2O3S/c1-19-17-20(2)31-27(30-19)34-25(26(32)33)28(22-11-7-4-8-12-22,23-13-15-24(29)16-14-23)35-18-21-9-5-3-6-10-21/h3-17,25H,18H2,1-2H3,(H,32,33). The summed E-state index contributed by atoms with van der Waals surface area (Å²) in [5.74, 6) is -1.09. The SMILES string of the molecule is Cc1cc(C)nc(OC(C(=O)O)C(SCc2ccccc2)(c2ccccc2)c2ccc(F)cc2)n1.